The van der Waals surface area contributed by atoms with Crippen LogP contribution in [0.5, 0.6) is 0 Å². The van der Waals surface area contributed by atoms with Gasteiger partial charge in [-0.2, -0.15) is 0 Å². The topological polar surface area (TPSA) is 30.7 Å². The van der Waals surface area contributed by atoms with Gasteiger partial charge in [-0.15, -0.1) is 10.2 Å². The summed E-state index contributed by atoms with van der Waals surface area (Å²) in [5.74, 6) is -0.898. The molecular weight excluding hydrogens is 412 g/mol. The molecule has 0 N–H and O–H groups in total. The highest BCUT2D eigenvalue weighted by atomic mass is 35.5. The van der Waals surface area contributed by atoms with Crippen LogP contribution in [0, 0.1) is 18.6 Å². The molecule has 3 aromatic carbocycles. The zero-order valence-corrected chi connectivity index (χ0v) is 17.0. The first-order valence-corrected chi connectivity index (χ1v) is 10.2. The summed E-state index contributed by atoms with van der Waals surface area (Å²) in [6, 6.07) is 19.5. The van der Waals surface area contributed by atoms with Crippen molar-refractivity contribution in [2.75, 3.05) is 0 Å². The van der Waals surface area contributed by atoms with E-state index < -0.39 is 11.6 Å². The second kappa shape index (κ2) is 8.35. The second-order valence-electron chi connectivity index (χ2n) is 6.46. The molecule has 0 aliphatic carbocycles. The molecule has 29 heavy (non-hydrogen) atoms. The fourth-order valence-corrected chi connectivity index (χ4v) is 4.06. The molecule has 1 aromatic heterocycles. The molecule has 0 fully saturated rings. The Hall–Kier alpha value is -2.70. The van der Waals surface area contributed by atoms with Crippen molar-refractivity contribution in [3.63, 3.8) is 0 Å². The summed E-state index contributed by atoms with van der Waals surface area (Å²) in [6.45, 7) is 2.01. The Bertz CT molecular complexity index is 1160. The third-order valence-electron chi connectivity index (χ3n) is 4.43. The molecular formula is C22H16ClF2N3S. The van der Waals surface area contributed by atoms with Gasteiger partial charge in [-0.3, -0.25) is 4.57 Å². The normalized spacial score (nSPS) is 11.0. The van der Waals surface area contributed by atoms with Crippen LogP contribution >= 0.6 is 23.4 Å². The lowest BCUT2D eigenvalue weighted by Crippen LogP contribution is -2.01. The van der Waals surface area contributed by atoms with E-state index in [9.17, 15) is 8.78 Å². The molecule has 0 unspecified atom stereocenters. The fraction of sp³-hybridized carbons (Fsp3) is 0.0909. The summed E-state index contributed by atoms with van der Waals surface area (Å²) >= 11 is 7.67. The van der Waals surface area contributed by atoms with Crippen molar-refractivity contribution >= 4 is 23.4 Å². The number of benzene rings is 3. The van der Waals surface area contributed by atoms with Gasteiger partial charge in [-0.25, -0.2) is 8.78 Å². The maximum atomic E-state index is 14.0. The van der Waals surface area contributed by atoms with E-state index >= 15 is 0 Å². The molecule has 0 bridgehead atoms. The summed E-state index contributed by atoms with van der Waals surface area (Å²) in [7, 11) is 0. The van der Waals surface area contributed by atoms with Crippen LogP contribution in [0.25, 0.3) is 17.1 Å². The molecule has 3 nitrogen and oxygen atoms in total. The average molecular weight is 428 g/mol. The van der Waals surface area contributed by atoms with Gasteiger partial charge in [0.2, 0.25) is 0 Å². The van der Waals surface area contributed by atoms with E-state index in [1.54, 1.807) is 12.1 Å². The van der Waals surface area contributed by atoms with Crippen LogP contribution in [-0.2, 0) is 5.75 Å². The number of hydrogen-bond donors (Lipinski definition) is 0. The quantitative estimate of drug-likeness (QED) is 0.342. The molecule has 146 valence electrons. The second-order valence-corrected chi connectivity index (χ2v) is 7.81. The number of halogens is 3. The van der Waals surface area contributed by atoms with Gasteiger partial charge in [0.15, 0.2) is 22.6 Å². The van der Waals surface area contributed by atoms with Crippen molar-refractivity contribution in [1.82, 2.24) is 14.8 Å². The van der Waals surface area contributed by atoms with Crippen molar-refractivity contribution in [1.29, 1.82) is 0 Å². The van der Waals surface area contributed by atoms with Gasteiger partial charge in [-0.1, -0.05) is 65.3 Å². The highest BCUT2D eigenvalue weighted by molar-refractivity contribution is 7.98. The van der Waals surface area contributed by atoms with Gasteiger partial charge in [0, 0.05) is 22.6 Å². The lowest BCUT2D eigenvalue weighted by Gasteiger charge is -2.12. The smallest absolute Gasteiger partial charge is 0.196 e. The lowest BCUT2D eigenvalue weighted by atomic mass is 10.2. The van der Waals surface area contributed by atoms with E-state index in [1.807, 2.05) is 54.0 Å². The van der Waals surface area contributed by atoms with Crippen LogP contribution in [0.2, 0.25) is 5.02 Å². The fourth-order valence-electron chi connectivity index (χ4n) is 2.91. The Labute approximate surface area is 176 Å². The molecule has 1 heterocycles. The van der Waals surface area contributed by atoms with Crippen molar-refractivity contribution in [2.24, 2.45) is 0 Å². The molecule has 0 spiro atoms. The van der Waals surface area contributed by atoms with E-state index in [1.165, 1.54) is 17.8 Å². The molecule has 0 atom stereocenters. The molecule has 0 aliphatic heterocycles. The van der Waals surface area contributed by atoms with E-state index in [0.717, 1.165) is 22.9 Å². The molecule has 0 amide bonds. The summed E-state index contributed by atoms with van der Waals surface area (Å²) in [6.07, 6.45) is 0. The first-order chi connectivity index (χ1) is 14.0. The average Bonchev–Trinajstić information content (AvgIpc) is 3.14. The predicted octanol–water partition coefficient (Wildman–Crippen LogP) is 6.47. The Balaban J connectivity index is 1.77. The minimum Gasteiger partial charge on any atom is -0.270 e. The van der Waals surface area contributed by atoms with Gasteiger partial charge >= 0.3 is 0 Å². The highest BCUT2D eigenvalue weighted by Crippen LogP contribution is 2.33. The van der Waals surface area contributed by atoms with Gasteiger partial charge < -0.3 is 0 Å². The molecule has 0 saturated carbocycles. The first kappa shape index (κ1) is 19.6. The minimum atomic E-state index is -0.861. The molecule has 4 rings (SSSR count). The van der Waals surface area contributed by atoms with Crippen LogP contribution in [0.4, 0.5) is 8.78 Å². The summed E-state index contributed by atoms with van der Waals surface area (Å²) in [4.78, 5) is 0. The third-order valence-corrected chi connectivity index (χ3v) is 5.74. The maximum absolute atomic E-state index is 14.0. The van der Waals surface area contributed by atoms with E-state index in [4.69, 9.17) is 11.6 Å². The number of thioether (sulfide) groups is 1. The lowest BCUT2D eigenvalue weighted by molar-refractivity contribution is 0.502. The van der Waals surface area contributed by atoms with Crippen molar-refractivity contribution in [3.05, 3.63) is 94.5 Å². The molecule has 0 saturated heterocycles. The maximum Gasteiger partial charge on any atom is 0.196 e. The number of rotatable bonds is 5. The Morgan fingerprint density at radius 2 is 1.69 bits per heavy atom. The van der Waals surface area contributed by atoms with Crippen molar-refractivity contribution < 1.29 is 8.78 Å². The Morgan fingerprint density at radius 3 is 2.45 bits per heavy atom. The molecule has 0 radical (unpaired) electrons. The zero-order valence-electron chi connectivity index (χ0n) is 15.4. The van der Waals surface area contributed by atoms with Crippen LogP contribution in [0.15, 0.2) is 71.9 Å². The van der Waals surface area contributed by atoms with Crippen molar-refractivity contribution in [3.8, 4) is 17.1 Å². The van der Waals surface area contributed by atoms with E-state index in [2.05, 4.69) is 10.2 Å². The summed E-state index contributed by atoms with van der Waals surface area (Å²) in [5.41, 5.74) is 2.99. The standard InChI is InChI=1S/C22H16ClF2N3S/c1-14-9-11-16(12-10-14)28-21(17-6-2-3-7-18(17)23)26-27-22(28)29-13-15-5-4-8-19(24)20(15)25/h2-12H,13H2,1H3. The van der Waals surface area contributed by atoms with Crippen molar-refractivity contribution in [2.45, 2.75) is 17.8 Å². The summed E-state index contributed by atoms with van der Waals surface area (Å²) < 4.78 is 29.4. The first-order valence-electron chi connectivity index (χ1n) is 8.87. The molecule has 0 aliphatic rings. The highest BCUT2D eigenvalue weighted by Gasteiger charge is 2.19. The molecule has 7 heteroatoms. The largest absolute Gasteiger partial charge is 0.270 e. The minimum absolute atomic E-state index is 0.218. The summed E-state index contributed by atoms with van der Waals surface area (Å²) in [5, 5.41) is 9.76. The predicted molar refractivity (Wildman–Crippen MR) is 112 cm³/mol. The zero-order chi connectivity index (χ0) is 20.4. The van der Waals surface area contributed by atoms with E-state index in [0.29, 0.717) is 16.0 Å². The number of nitrogens with zero attached hydrogens (tertiary/aromatic N) is 3. The van der Waals surface area contributed by atoms with Gasteiger partial charge in [-0.05, 0) is 37.3 Å². The van der Waals surface area contributed by atoms with Gasteiger partial charge in [0.1, 0.15) is 0 Å². The van der Waals surface area contributed by atoms with E-state index in [-0.39, 0.29) is 11.3 Å². The monoisotopic (exact) mass is 427 g/mol. The SMILES string of the molecule is Cc1ccc(-n2c(SCc3cccc(F)c3F)nnc2-c2ccccc2Cl)cc1. The van der Waals surface area contributed by atoms with Gasteiger partial charge in [0.05, 0.1) is 5.02 Å². The Morgan fingerprint density at radius 1 is 0.931 bits per heavy atom. The number of aromatic nitrogens is 3. The third kappa shape index (κ3) is 4.04. The van der Waals surface area contributed by atoms with Crippen LogP contribution in [-0.4, -0.2) is 14.8 Å². The Kier molecular flexibility index (Phi) is 5.65. The van der Waals surface area contributed by atoms with Crippen LogP contribution in [0.1, 0.15) is 11.1 Å². The van der Waals surface area contributed by atoms with Crippen LogP contribution in [0.3, 0.4) is 0 Å². The number of hydrogen-bond acceptors (Lipinski definition) is 3. The van der Waals surface area contributed by atoms with Gasteiger partial charge in [0.25, 0.3) is 0 Å². The molecule has 4 aromatic rings. The van der Waals surface area contributed by atoms with Crippen LogP contribution < -0.4 is 0 Å². The number of aryl methyl sites for hydroxylation is 1.